The molecule has 1 aromatic rings. The summed E-state index contributed by atoms with van der Waals surface area (Å²) in [7, 11) is 0. The number of ether oxygens (including phenoxy) is 1. The zero-order chi connectivity index (χ0) is 19.0. The fraction of sp³-hybridized carbons (Fsp3) is 0.385. The molecule has 1 aromatic carbocycles. The number of carbonyl (C=O) groups excluding carboxylic acids is 2. The third-order valence-electron chi connectivity index (χ3n) is 3.12. The van der Waals surface area contributed by atoms with E-state index in [1.807, 2.05) is 0 Å². The quantitative estimate of drug-likeness (QED) is 0.526. The normalized spacial score (nSPS) is 18.4. The summed E-state index contributed by atoms with van der Waals surface area (Å²) in [5.41, 5.74) is 0.399. The van der Waals surface area contributed by atoms with Crippen LogP contribution in [0.5, 0.6) is 0 Å². The highest BCUT2D eigenvalue weighted by molar-refractivity contribution is 9.10. The first-order valence-corrected chi connectivity index (χ1v) is 7.31. The Balaban J connectivity index is 2.35. The summed E-state index contributed by atoms with van der Waals surface area (Å²) in [4.78, 5) is 26.2. The van der Waals surface area contributed by atoms with Gasteiger partial charge in [-0.2, -0.15) is 26.3 Å². The van der Waals surface area contributed by atoms with Crippen LogP contribution in [0.4, 0.5) is 26.3 Å². The smallest absolute Gasteiger partial charge is 0.432 e. The monoisotopic (exact) mass is 435 g/mol. The average Bonchev–Trinajstić information content (AvgIpc) is 2.47. The van der Waals surface area contributed by atoms with E-state index in [4.69, 9.17) is 0 Å². The van der Waals surface area contributed by atoms with Crippen LogP contribution in [0.3, 0.4) is 0 Å². The van der Waals surface area contributed by atoms with Gasteiger partial charge in [0, 0.05) is 16.6 Å². The Labute approximate surface area is 144 Å². The van der Waals surface area contributed by atoms with E-state index >= 15 is 0 Å². The van der Waals surface area contributed by atoms with Crippen LogP contribution in [0.15, 0.2) is 22.7 Å². The Morgan fingerprint density at radius 1 is 1.08 bits per heavy atom. The minimum Gasteiger partial charge on any atom is -0.432 e. The van der Waals surface area contributed by atoms with Crippen LogP contribution in [0.25, 0.3) is 0 Å². The highest BCUT2D eigenvalue weighted by Crippen LogP contribution is 2.35. The summed E-state index contributed by atoms with van der Waals surface area (Å²) in [5, 5.41) is 0.258. The van der Waals surface area contributed by atoms with Crippen molar-refractivity contribution >= 4 is 27.9 Å². The number of hydrogen-bond donors (Lipinski definition) is 0. The van der Waals surface area contributed by atoms with Crippen molar-refractivity contribution in [1.29, 1.82) is 0 Å². The molecule has 0 bridgehead atoms. The summed E-state index contributed by atoms with van der Waals surface area (Å²) in [5.74, 6) is -5.27. The molecule has 0 fully saturated rings. The van der Waals surface area contributed by atoms with Crippen molar-refractivity contribution in [2.75, 3.05) is 6.54 Å². The number of halogens is 7. The van der Waals surface area contributed by atoms with Crippen LogP contribution in [0.2, 0.25) is 0 Å². The van der Waals surface area contributed by atoms with Gasteiger partial charge in [0.25, 0.3) is 0 Å². The van der Waals surface area contributed by atoms with E-state index in [2.05, 4.69) is 25.5 Å². The first-order valence-electron chi connectivity index (χ1n) is 6.51. The molecule has 0 amide bonds. The Hall–Kier alpha value is -1.82. The maximum atomic E-state index is 12.4. The summed E-state index contributed by atoms with van der Waals surface area (Å²) in [6.45, 7) is -0.397. The summed E-state index contributed by atoms with van der Waals surface area (Å²) in [6, 6.07) is 4.31. The van der Waals surface area contributed by atoms with Crippen LogP contribution in [0.1, 0.15) is 17.4 Å². The fourth-order valence-electron chi connectivity index (χ4n) is 2.07. The van der Waals surface area contributed by atoms with Crippen molar-refractivity contribution in [2.24, 2.45) is 0 Å². The second-order valence-corrected chi connectivity index (χ2v) is 5.78. The first kappa shape index (κ1) is 19.5. The van der Waals surface area contributed by atoms with Gasteiger partial charge in [0.1, 0.15) is 0 Å². The zero-order valence-electron chi connectivity index (χ0n) is 11.9. The molecular formula is C13H8BrF6NO4. The van der Waals surface area contributed by atoms with Crippen molar-refractivity contribution in [3.05, 3.63) is 33.8 Å². The molecule has 1 heterocycles. The SMILES string of the molecule is O=C(OC1c2cc(Br)ccc2CCN1OC(=O)C(F)(F)F)C(F)(F)F. The van der Waals surface area contributed by atoms with Gasteiger partial charge in [0.05, 0.1) is 0 Å². The third kappa shape index (κ3) is 4.63. The van der Waals surface area contributed by atoms with E-state index in [0.717, 1.165) is 0 Å². The predicted octanol–water partition coefficient (Wildman–Crippen LogP) is 3.43. The third-order valence-corrected chi connectivity index (χ3v) is 3.61. The lowest BCUT2D eigenvalue weighted by molar-refractivity contribution is -0.281. The van der Waals surface area contributed by atoms with Gasteiger partial charge in [-0.05, 0) is 24.1 Å². The summed E-state index contributed by atoms with van der Waals surface area (Å²) < 4.78 is 79.0. The van der Waals surface area contributed by atoms with Gasteiger partial charge < -0.3 is 9.57 Å². The lowest BCUT2D eigenvalue weighted by Crippen LogP contribution is -2.43. The number of hydrogen-bond acceptors (Lipinski definition) is 5. The van der Waals surface area contributed by atoms with Crippen molar-refractivity contribution in [1.82, 2.24) is 5.06 Å². The van der Waals surface area contributed by atoms with Gasteiger partial charge in [0.2, 0.25) is 6.23 Å². The molecule has 0 N–H and O–H groups in total. The molecular weight excluding hydrogens is 428 g/mol. The number of benzene rings is 1. The lowest BCUT2D eigenvalue weighted by atomic mass is 9.99. The first-order chi connectivity index (χ1) is 11.4. The number of carbonyl (C=O) groups is 2. The van der Waals surface area contributed by atoms with E-state index in [1.165, 1.54) is 12.1 Å². The molecule has 12 heteroatoms. The van der Waals surface area contributed by atoms with E-state index in [0.29, 0.717) is 10.0 Å². The molecule has 0 saturated heterocycles. The summed E-state index contributed by atoms with van der Waals surface area (Å²) in [6.07, 6.45) is -12.6. The molecule has 1 aliphatic heterocycles. The molecule has 138 valence electrons. The van der Waals surface area contributed by atoms with Gasteiger partial charge in [-0.15, -0.1) is 0 Å². The van der Waals surface area contributed by atoms with Gasteiger partial charge in [-0.1, -0.05) is 27.1 Å². The predicted molar refractivity (Wildman–Crippen MR) is 71.6 cm³/mol. The van der Waals surface area contributed by atoms with Crippen molar-refractivity contribution in [3.8, 4) is 0 Å². The van der Waals surface area contributed by atoms with Gasteiger partial charge in [-0.25, -0.2) is 9.59 Å². The fourth-order valence-corrected chi connectivity index (χ4v) is 2.45. The minimum atomic E-state index is -5.37. The molecule has 1 aliphatic rings. The molecule has 0 saturated carbocycles. The molecule has 2 rings (SSSR count). The second-order valence-electron chi connectivity index (χ2n) is 4.87. The van der Waals surface area contributed by atoms with Gasteiger partial charge in [-0.3, -0.25) is 0 Å². The van der Waals surface area contributed by atoms with Crippen LogP contribution < -0.4 is 0 Å². The van der Waals surface area contributed by atoms with Gasteiger partial charge in [0.15, 0.2) is 0 Å². The molecule has 25 heavy (non-hydrogen) atoms. The molecule has 5 nitrogen and oxygen atoms in total. The molecule has 0 aliphatic carbocycles. The Kier molecular flexibility index (Phi) is 5.33. The van der Waals surface area contributed by atoms with Crippen LogP contribution >= 0.6 is 15.9 Å². The number of nitrogens with zero attached hydrogens (tertiary/aromatic N) is 1. The second kappa shape index (κ2) is 6.83. The van der Waals surface area contributed by atoms with Crippen LogP contribution in [0, 0.1) is 0 Å². The summed E-state index contributed by atoms with van der Waals surface area (Å²) >= 11 is 3.06. The van der Waals surface area contributed by atoms with Gasteiger partial charge >= 0.3 is 24.3 Å². The molecule has 0 radical (unpaired) electrons. The standard InChI is InChI=1S/C13H8BrF6NO4/c14-7-2-1-6-3-4-21(25-11(23)13(18,19)20)9(8(6)5-7)24-10(22)12(15,16)17/h1-2,5,9H,3-4H2. The van der Waals surface area contributed by atoms with E-state index in [-0.39, 0.29) is 17.0 Å². The molecule has 0 spiro atoms. The Morgan fingerprint density at radius 2 is 1.68 bits per heavy atom. The van der Waals surface area contributed by atoms with E-state index in [9.17, 15) is 35.9 Å². The highest BCUT2D eigenvalue weighted by Gasteiger charge is 2.47. The maximum absolute atomic E-state index is 12.4. The maximum Gasteiger partial charge on any atom is 0.492 e. The van der Waals surface area contributed by atoms with Crippen molar-refractivity contribution < 1.29 is 45.5 Å². The van der Waals surface area contributed by atoms with Crippen molar-refractivity contribution in [3.63, 3.8) is 0 Å². The molecule has 1 atom stereocenters. The largest absolute Gasteiger partial charge is 0.492 e. The number of rotatable bonds is 2. The topological polar surface area (TPSA) is 55.8 Å². The lowest BCUT2D eigenvalue weighted by Gasteiger charge is -2.34. The van der Waals surface area contributed by atoms with Crippen LogP contribution in [-0.2, 0) is 25.6 Å². The van der Waals surface area contributed by atoms with E-state index in [1.54, 1.807) is 6.07 Å². The van der Waals surface area contributed by atoms with E-state index < -0.39 is 37.1 Å². The Bertz CT molecular complexity index is 690. The zero-order valence-corrected chi connectivity index (χ0v) is 13.5. The average molecular weight is 436 g/mol. The number of fused-ring (bicyclic) bond motifs is 1. The minimum absolute atomic E-state index is 0.0341. The molecule has 1 unspecified atom stereocenters. The number of alkyl halides is 6. The van der Waals surface area contributed by atoms with Crippen molar-refractivity contribution in [2.45, 2.75) is 25.0 Å². The number of esters is 1. The highest BCUT2D eigenvalue weighted by atomic mass is 79.9. The molecule has 0 aromatic heterocycles. The Morgan fingerprint density at radius 3 is 2.24 bits per heavy atom. The van der Waals surface area contributed by atoms with Crippen LogP contribution in [-0.4, -0.2) is 35.9 Å². The number of hydroxylamine groups is 2.